The van der Waals surface area contributed by atoms with Crippen molar-refractivity contribution in [2.45, 2.75) is 44.9 Å². The van der Waals surface area contributed by atoms with Crippen LogP contribution in [0.4, 0.5) is 0 Å². The van der Waals surface area contributed by atoms with Crippen LogP contribution >= 0.6 is 11.6 Å². The van der Waals surface area contributed by atoms with Gasteiger partial charge in [-0.2, -0.15) is 0 Å². The molecule has 2 nitrogen and oxygen atoms in total. The molecule has 0 radical (unpaired) electrons. The Morgan fingerprint density at radius 1 is 0.962 bits per heavy atom. The molecule has 136 valence electrons. The molecule has 26 heavy (non-hydrogen) atoms. The summed E-state index contributed by atoms with van der Waals surface area (Å²) in [5.74, 6) is -0.0110. The predicted molar refractivity (Wildman–Crippen MR) is 105 cm³/mol. The summed E-state index contributed by atoms with van der Waals surface area (Å²) in [5, 5.41) is 0.624. The van der Waals surface area contributed by atoms with Gasteiger partial charge in [-0.15, -0.1) is 0 Å². The molecule has 2 aromatic carbocycles. The van der Waals surface area contributed by atoms with Crippen molar-refractivity contribution in [1.82, 2.24) is 0 Å². The van der Waals surface area contributed by atoms with Crippen LogP contribution in [0.3, 0.4) is 0 Å². The van der Waals surface area contributed by atoms with Crippen molar-refractivity contribution in [3.05, 3.63) is 70.7 Å². The number of Topliss-reactive ketones (excluding diaryl/α,β-unsaturated/α-hetero) is 2. The third-order valence-corrected chi connectivity index (χ3v) is 5.99. The molecule has 0 bridgehead atoms. The minimum Gasteiger partial charge on any atom is -0.299 e. The van der Waals surface area contributed by atoms with E-state index in [1.165, 1.54) is 12.5 Å². The molecule has 1 fully saturated rings. The molecule has 0 spiro atoms. The summed E-state index contributed by atoms with van der Waals surface area (Å²) in [6.45, 7) is 1.52. The Balaban J connectivity index is 1.65. The zero-order valence-corrected chi connectivity index (χ0v) is 15.9. The largest absolute Gasteiger partial charge is 0.299 e. The minimum atomic E-state index is -0.576. The van der Waals surface area contributed by atoms with Crippen LogP contribution in [0.15, 0.2) is 54.6 Å². The fraction of sp³-hybridized carbons (Fsp3) is 0.391. The van der Waals surface area contributed by atoms with Crippen molar-refractivity contribution in [1.29, 1.82) is 0 Å². The first kappa shape index (κ1) is 18.8. The molecule has 0 amide bonds. The Hall–Kier alpha value is -1.93. The number of carbonyl (C=O) groups is 2. The summed E-state index contributed by atoms with van der Waals surface area (Å²) in [6, 6.07) is 18.0. The third kappa shape index (κ3) is 4.42. The lowest BCUT2D eigenvalue weighted by atomic mass is 9.73. The highest BCUT2D eigenvalue weighted by Crippen LogP contribution is 2.37. The second kappa shape index (κ2) is 8.64. The molecule has 1 saturated carbocycles. The predicted octanol–water partition coefficient (Wildman–Crippen LogP) is 5.63. The molecular formula is C23H25ClO2. The van der Waals surface area contributed by atoms with E-state index in [9.17, 15) is 9.59 Å². The molecule has 3 heteroatoms. The zero-order valence-electron chi connectivity index (χ0n) is 15.2. The van der Waals surface area contributed by atoms with E-state index in [1.807, 2.05) is 30.3 Å². The van der Waals surface area contributed by atoms with Crippen LogP contribution in [0.5, 0.6) is 0 Å². The Morgan fingerprint density at radius 3 is 2.19 bits per heavy atom. The van der Waals surface area contributed by atoms with E-state index < -0.39 is 5.92 Å². The van der Waals surface area contributed by atoms with E-state index in [1.54, 1.807) is 0 Å². The van der Waals surface area contributed by atoms with Crippen LogP contribution < -0.4 is 0 Å². The first-order valence-corrected chi connectivity index (χ1v) is 9.76. The summed E-state index contributed by atoms with van der Waals surface area (Å²) >= 11 is 6.23. The molecule has 0 saturated heterocycles. The van der Waals surface area contributed by atoms with Crippen molar-refractivity contribution >= 4 is 23.2 Å². The summed E-state index contributed by atoms with van der Waals surface area (Å²) in [4.78, 5) is 25.2. The number of carbonyl (C=O) groups excluding carboxylic acids is 2. The number of halogens is 1. The maximum absolute atomic E-state index is 13.0. The van der Waals surface area contributed by atoms with E-state index in [-0.39, 0.29) is 17.5 Å². The lowest BCUT2D eigenvalue weighted by molar-refractivity contribution is -0.134. The molecule has 0 heterocycles. The van der Waals surface area contributed by atoms with E-state index in [0.29, 0.717) is 17.4 Å². The van der Waals surface area contributed by atoms with Gasteiger partial charge in [0.2, 0.25) is 0 Å². The molecule has 0 aromatic heterocycles. The zero-order chi connectivity index (χ0) is 18.5. The summed E-state index contributed by atoms with van der Waals surface area (Å²) in [6.07, 6.45) is 4.16. The molecule has 1 aliphatic carbocycles. The van der Waals surface area contributed by atoms with E-state index in [0.717, 1.165) is 31.2 Å². The molecule has 1 aliphatic rings. The van der Waals surface area contributed by atoms with E-state index in [2.05, 4.69) is 24.3 Å². The number of benzene rings is 2. The van der Waals surface area contributed by atoms with Crippen molar-refractivity contribution in [2.24, 2.45) is 11.8 Å². The van der Waals surface area contributed by atoms with E-state index >= 15 is 0 Å². The van der Waals surface area contributed by atoms with Gasteiger partial charge in [0.05, 0.1) is 5.92 Å². The molecule has 1 atom stereocenters. The Morgan fingerprint density at radius 2 is 1.58 bits per heavy atom. The van der Waals surface area contributed by atoms with Gasteiger partial charge in [-0.3, -0.25) is 9.59 Å². The fourth-order valence-electron chi connectivity index (χ4n) is 4.05. The molecule has 0 N–H and O–H groups in total. The highest BCUT2D eigenvalue weighted by atomic mass is 35.5. The van der Waals surface area contributed by atoms with Crippen LogP contribution in [-0.4, -0.2) is 11.6 Å². The Kier molecular flexibility index (Phi) is 6.26. The molecule has 0 aliphatic heterocycles. The van der Waals surface area contributed by atoms with Gasteiger partial charge >= 0.3 is 0 Å². The Labute approximate surface area is 160 Å². The SMILES string of the molecule is CC(=O)C(Cc1ccccc1Cl)C(=O)[C@H]1CC[C@H](c2ccccc2)CC1. The third-order valence-electron chi connectivity index (χ3n) is 5.62. The summed E-state index contributed by atoms with van der Waals surface area (Å²) in [7, 11) is 0. The molecular weight excluding hydrogens is 344 g/mol. The lowest BCUT2D eigenvalue weighted by Crippen LogP contribution is -2.32. The number of hydrogen-bond acceptors (Lipinski definition) is 2. The summed E-state index contributed by atoms with van der Waals surface area (Å²) in [5.41, 5.74) is 2.23. The maximum atomic E-state index is 13.0. The number of rotatable bonds is 6. The average Bonchev–Trinajstić information content (AvgIpc) is 2.67. The van der Waals surface area contributed by atoms with Gasteiger partial charge in [-0.1, -0.05) is 60.1 Å². The van der Waals surface area contributed by atoms with Crippen molar-refractivity contribution in [3.8, 4) is 0 Å². The number of ketones is 2. The molecule has 2 aromatic rings. The van der Waals surface area contributed by atoms with Crippen LogP contribution in [-0.2, 0) is 16.0 Å². The van der Waals surface area contributed by atoms with Gasteiger partial charge in [0.25, 0.3) is 0 Å². The van der Waals surface area contributed by atoms with Crippen molar-refractivity contribution < 1.29 is 9.59 Å². The lowest BCUT2D eigenvalue weighted by Gasteiger charge is -2.30. The van der Waals surface area contributed by atoms with Crippen LogP contribution in [0, 0.1) is 11.8 Å². The Bertz CT molecular complexity index is 761. The van der Waals surface area contributed by atoms with Gasteiger partial charge in [0.15, 0.2) is 0 Å². The quantitative estimate of drug-likeness (QED) is 0.619. The van der Waals surface area contributed by atoms with Crippen LogP contribution in [0.2, 0.25) is 5.02 Å². The van der Waals surface area contributed by atoms with Crippen LogP contribution in [0.25, 0.3) is 0 Å². The molecule has 3 rings (SSSR count). The maximum Gasteiger partial charge on any atom is 0.146 e. The highest BCUT2D eigenvalue weighted by molar-refractivity contribution is 6.31. The minimum absolute atomic E-state index is 0.00801. The second-order valence-corrected chi connectivity index (χ2v) is 7.73. The van der Waals surface area contributed by atoms with Gasteiger partial charge < -0.3 is 0 Å². The van der Waals surface area contributed by atoms with Gasteiger partial charge in [-0.25, -0.2) is 0 Å². The molecule has 1 unspecified atom stereocenters. The second-order valence-electron chi connectivity index (χ2n) is 7.32. The van der Waals surface area contributed by atoms with Gasteiger partial charge in [-0.05, 0) is 62.1 Å². The topological polar surface area (TPSA) is 34.1 Å². The number of hydrogen-bond donors (Lipinski definition) is 0. The first-order chi connectivity index (χ1) is 12.6. The van der Waals surface area contributed by atoms with Gasteiger partial charge in [0.1, 0.15) is 11.6 Å². The summed E-state index contributed by atoms with van der Waals surface area (Å²) < 4.78 is 0. The normalized spacial score (nSPS) is 21.2. The monoisotopic (exact) mass is 368 g/mol. The van der Waals surface area contributed by atoms with Crippen LogP contribution in [0.1, 0.15) is 49.7 Å². The van der Waals surface area contributed by atoms with Crippen molar-refractivity contribution in [3.63, 3.8) is 0 Å². The standard InChI is InChI=1S/C23H25ClO2/c1-16(25)21(15-20-9-5-6-10-22(20)24)23(26)19-13-11-18(12-14-19)17-7-3-2-4-8-17/h2-10,18-19,21H,11-15H2,1H3/t18-,19-,21?. The average molecular weight is 369 g/mol. The first-order valence-electron chi connectivity index (χ1n) is 9.38. The van der Waals surface area contributed by atoms with Gasteiger partial charge in [0, 0.05) is 10.9 Å². The smallest absolute Gasteiger partial charge is 0.146 e. The highest BCUT2D eigenvalue weighted by Gasteiger charge is 2.33. The fourth-order valence-corrected chi connectivity index (χ4v) is 4.26. The van der Waals surface area contributed by atoms with Crippen molar-refractivity contribution in [2.75, 3.05) is 0 Å². The van der Waals surface area contributed by atoms with E-state index in [4.69, 9.17) is 11.6 Å².